The number of rotatable bonds is 4. The molecule has 1 heterocycles. The Balaban J connectivity index is 1.85. The van der Waals surface area contributed by atoms with Gasteiger partial charge in [0.15, 0.2) is 0 Å². The third kappa shape index (κ3) is 3.51. The van der Waals surface area contributed by atoms with Crippen molar-refractivity contribution in [3.63, 3.8) is 0 Å². The highest BCUT2D eigenvalue weighted by molar-refractivity contribution is 9.10. The van der Waals surface area contributed by atoms with Crippen molar-refractivity contribution in [1.29, 1.82) is 0 Å². The summed E-state index contributed by atoms with van der Waals surface area (Å²) in [5, 5.41) is 3.63. The second-order valence-electron chi connectivity index (χ2n) is 4.41. The Morgan fingerprint density at radius 1 is 1.56 bits per heavy atom. The molecule has 0 aliphatic carbocycles. The van der Waals surface area contributed by atoms with Gasteiger partial charge in [0.25, 0.3) is 0 Å². The van der Waals surface area contributed by atoms with Crippen LogP contribution < -0.4 is 5.32 Å². The van der Waals surface area contributed by atoms with Crippen LogP contribution >= 0.6 is 27.7 Å². The summed E-state index contributed by atoms with van der Waals surface area (Å²) >= 11 is 5.60. The average molecular weight is 300 g/mol. The SMILES string of the molecule is CC(NCC1CCSC1)c1cccc(Br)c1. The molecular weight excluding hydrogens is 282 g/mol. The van der Waals surface area contributed by atoms with Crippen molar-refractivity contribution in [1.82, 2.24) is 5.32 Å². The van der Waals surface area contributed by atoms with Crippen molar-refractivity contribution >= 4 is 27.7 Å². The van der Waals surface area contributed by atoms with Crippen LogP contribution in [-0.2, 0) is 0 Å². The largest absolute Gasteiger partial charge is 0.310 e. The number of hydrogen-bond donors (Lipinski definition) is 1. The molecule has 2 rings (SSSR count). The zero-order chi connectivity index (χ0) is 11.4. The molecule has 1 aromatic rings. The molecular formula is C13H18BrNS. The van der Waals surface area contributed by atoms with Crippen LogP contribution in [0.4, 0.5) is 0 Å². The molecule has 0 spiro atoms. The molecule has 1 aromatic carbocycles. The van der Waals surface area contributed by atoms with E-state index in [2.05, 4.69) is 64.2 Å². The van der Waals surface area contributed by atoms with E-state index in [9.17, 15) is 0 Å². The summed E-state index contributed by atoms with van der Waals surface area (Å²) < 4.78 is 1.16. The van der Waals surface area contributed by atoms with Gasteiger partial charge in [0.05, 0.1) is 0 Å². The fraction of sp³-hybridized carbons (Fsp3) is 0.538. The molecule has 0 amide bonds. The van der Waals surface area contributed by atoms with E-state index in [-0.39, 0.29) is 0 Å². The Kier molecular flexibility index (Phi) is 4.74. The average Bonchev–Trinajstić information content (AvgIpc) is 2.78. The lowest BCUT2D eigenvalue weighted by Gasteiger charge is -2.17. The first-order valence-electron chi connectivity index (χ1n) is 5.82. The standard InChI is InChI=1S/C13H18BrNS/c1-10(12-3-2-4-13(14)7-12)15-8-11-5-6-16-9-11/h2-4,7,10-11,15H,5-6,8-9H2,1H3. The van der Waals surface area contributed by atoms with Gasteiger partial charge in [-0.05, 0) is 55.0 Å². The maximum absolute atomic E-state index is 3.63. The fourth-order valence-electron chi connectivity index (χ4n) is 1.98. The van der Waals surface area contributed by atoms with Gasteiger partial charge in [-0.2, -0.15) is 11.8 Å². The zero-order valence-corrected chi connectivity index (χ0v) is 12.0. The highest BCUT2D eigenvalue weighted by Gasteiger charge is 2.16. The first-order valence-corrected chi connectivity index (χ1v) is 7.77. The monoisotopic (exact) mass is 299 g/mol. The van der Waals surface area contributed by atoms with Gasteiger partial charge in [-0.15, -0.1) is 0 Å². The van der Waals surface area contributed by atoms with Crippen LogP contribution in [0.1, 0.15) is 24.9 Å². The maximum Gasteiger partial charge on any atom is 0.0292 e. The molecule has 1 aliphatic rings. The zero-order valence-electron chi connectivity index (χ0n) is 9.58. The molecule has 0 aromatic heterocycles. The normalized spacial score (nSPS) is 22.2. The van der Waals surface area contributed by atoms with E-state index in [1.165, 1.54) is 23.5 Å². The van der Waals surface area contributed by atoms with Crippen LogP contribution in [-0.4, -0.2) is 18.1 Å². The van der Waals surface area contributed by atoms with Gasteiger partial charge in [-0.3, -0.25) is 0 Å². The summed E-state index contributed by atoms with van der Waals surface area (Å²) in [5.41, 5.74) is 1.36. The van der Waals surface area contributed by atoms with Crippen molar-refractivity contribution in [2.45, 2.75) is 19.4 Å². The number of nitrogens with one attached hydrogen (secondary N) is 1. The summed E-state index contributed by atoms with van der Waals surface area (Å²) in [4.78, 5) is 0. The Bertz CT molecular complexity index is 336. The molecule has 1 N–H and O–H groups in total. The lowest BCUT2D eigenvalue weighted by atomic mass is 10.1. The van der Waals surface area contributed by atoms with E-state index in [1.54, 1.807) is 0 Å². The smallest absolute Gasteiger partial charge is 0.0292 e. The summed E-state index contributed by atoms with van der Waals surface area (Å²) in [6, 6.07) is 9.00. The quantitative estimate of drug-likeness (QED) is 0.906. The van der Waals surface area contributed by atoms with Gasteiger partial charge in [0.1, 0.15) is 0 Å². The summed E-state index contributed by atoms with van der Waals surface area (Å²) in [6.07, 6.45) is 1.38. The molecule has 2 atom stereocenters. The van der Waals surface area contributed by atoms with Crippen molar-refractivity contribution in [3.8, 4) is 0 Å². The van der Waals surface area contributed by atoms with Crippen LogP contribution in [0.5, 0.6) is 0 Å². The number of hydrogen-bond acceptors (Lipinski definition) is 2. The molecule has 0 bridgehead atoms. The Hall–Kier alpha value is 0.01000. The van der Waals surface area contributed by atoms with Crippen molar-refractivity contribution in [2.24, 2.45) is 5.92 Å². The third-order valence-corrected chi connectivity index (χ3v) is 4.81. The van der Waals surface area contributed by atoms with Crippen molar-refractivity contribution < 1.29 is 0 Å². The minimum Gasteiger partial charge on any atom is -0.310 e. The minimum atomic E-state index is 0.447. The molecule has 3 heteroatoms. The molecule has 1 fully saturated rings. The van der Waals surface area contributed by atoms with Crippen LogP contribution in [0.3, 0.4) is 0 Å². The summed E-state index contributed by atoms with van der Waals surface area (Å²) in [7, 11) is 0. The van der Waals surface area contributed by atoms with Gasteiger partial charge >= 0.3 is 0 Å². The lowest BCUT2D eigenvalue weighted by Crippen LogP contribution is -2.25. The van der Waals surface area contributed by atoms with E-state index >= 15 is 0 Å². The predicted octanol–water partition coefficient (Wildman–Crippen LogP) is 3.85. The Labute approximate surface area is 111 Å². The van der Waals surface area contributed by atoms with Crippen LogP contribution in [0.15, 0.2) is 28.7 Å². The van der Waals surface area contributed by atoms with Crippen molar-refractivity contribution in [3.05, 3.63) is 34.3 Å². The molecule has 1 aliphatic heterocycles. The van der Waals surface area contributed by atoms with Gasteiger partial charge in [-0.1, -0.05) is 28.1 Å². The fourth-order valence-corrected chi connectivity index (χ4v) is 3.68. The van der Waals surface area contributed by atoms with Crippen LogP contribution in [0.2, 0.25) is 0 Å². The second kappa shape index (κ2) is 6.08. The van der Waals surface area contributed by atoms with Crippen molar-refractivity contribution in [2.75, 3.05) is 18.1 Å². The van der Waals surface area contributed by atoms with Crippen LogP contribution in [0.25, 0.3) is 0 Å². The molecule has 2 unspecified atom stereocenters. The minimum absolute atomic E-state index is 0.447. The molecule has 16 heavy (non-hydrogen) atoms. The number of thioether (sulfide) groups is 1. The first-order chi connectivity index (χ1) is 7.75. The van der Waals surface area contributed by atoms with Gasteiger partial charge in [0, 0.05) is 10.5 Å². The lowest BCUT2D eigenvalue weighted by molar-refractivity contribution is 0.477. The molecule has 0 radical (unpaired) electrons. The first kappa shape index (κ1) is 12.5. The maximum atomic E-state index is 3.63. The topological polar surface area (TPSA) is 12.0 Å². The Morgan fingerprint density at radius 3 is 3.12 bits per heavy atom. The van der Waals surface area contributed by atoms with Crippen LogP contribution in [0, 0.1) is 5.92 Å². The molecule has 88 valence electrons. The highest BCUT2D eigenvalue weighted by Crippen LogP contribution is 2.24. The van der Waals surface area contributed by atoms with Gasteiger partial charge < -0.3 is 5.32 Å². The van der Waals surface area contributed by atoms with E-state index in [0.717, 1.165) is 16.9 Å². The predicted molar refractivity (Wildman–Crippen MR) is 76.0 cm³/mol. The van der Waals surface area contributed by atoms with Gasteiger partial charge in [-0.25, -0.2) is 0 Å². The van der Waals surface area contributed by atoms with E-state index in [1.807, 2.05) is 0 Å². The molecule has 1 saturated heterocycles. The van der Waals surface area contributed by atoms with Gasteiger partial charge in [0.2, 0.25) is 0 Å². The highest BCUT2D eigenvalue weighted by atomic mass is 79.9. The van der Waals surface area contributed by atoms with E-state index < -0.39 is 0 Å². The number of benzene rings is 1. The number of halogens is 1. The molecule has 0 saturated carbocycles. The second-order valence-corrected chi connectivity index (χ2v) is 6.48. The third-order valence-electron chi connectivity index (χ3n) is 3.09. The summed E-state index contributed by atoms with van der Waals surface area (Å²) in [6.45, 7) is 3.39. The Morgan fingerprint density at radius 2 is 2.44 bits per heavy atom. The van der Waals surface area contributed by atoms with E-state index in [0.29, 0.717) is 6.04 Å². The van der Waals surface area contributed by atoms with E-state index in [4.69, 9.17) is 0 Å². The summed E-state index contributed by atoms with van der Waals surface area (Å²) in [5.74, 6) is 3.55. The molecule has 1 nitrogen and oxygen atoms in total.